The molecule has 21 heavy (non-hydrogen) atoms. The van der Waals surface area contributed by atoms with Crippen molar-refractivity contribution in [3.8, 4) is 0 Å². The lowest BCUT2D eigenvalue weighted by molar-refractivity contribution is -0.157. The number of carbonyl (C=O) groups is 2. The van der Waals surface area contributed by atoms with Crippen molar-refractivity contribution in [2.45, 2.75) is 51.2 Å². The first-order valence-electron chi connectivity index (χ1n) is 6.94. The number of carbonyl (C=O) groups excluding carboxylic acids is 1. The van der Waals surface area contributed by atoms with Crippen LogP contribution in [0.2, 0.25) is 0 Å². The molecule has 0 aromatic heterocycles. The quantitative estimate of drug-likeness (QED) is 0.785. The smallest absolute Gasteiger partial charge is 0.313 e. The third kappa shape index (κ3) is 6.40. The molecular formula is C16H23NO4. The average Bonchev–Trinajstić information content (AvgIpc) is 2.34. The van der Waals surface area contributed by atoms with E-state index in [1.807, 2.05) is 30.3 Å². The van der Waals surface area contributed by atoms with Crippen LogP contribution in [0.5, 0.6) is 0 Å². The van der Waals surface area contributed by atoms with Gasteiger partial charge < -0.3 is 15.6 Å². The highest BCUT2D eigenvalue weighted by molar-refractivity contribution is 5.78. The van der Waals surface area contributed by atoms with E-state index in [9.17, 15) is 9.59 Å². The van der Waals surface area contributed by atoms with Crippen molar-refractivity contribution in [2.24, 2.45) is 5.73 Å². The van der Waals surface area contributed by atoms with Gasteiger partial charge in [-0.05, 0) is 32.8 Å². The molecule has 2 unspecified atom stereocenters. The van der Waals surface area contributed by atoms with Gasteiger partial charge in [-0.25, -0.2) is 0 Å². The molecule has 0 saturated carbocycles. The molecule has 0 aliphatic heterocycles. The second-order valence-corrected chi connectivity index (χ2v) is 6.09. The SMILES string of the molecule is CC(C)(C)OC(=O)C(CC(N)CC(=O)O)c1ccccc1. The molecule has 0 saturated heterocycles. The fourth-order valence-electron chi connectivity index (χ4n) is 2.04. The summed E-state index contributed by atoms with van der Waals surface area (Å²) in [5, 5.41) is 8.80. The summed E-state index contributed by atoms with van der Waals surface area (Å²) in [7, 11) is 0. The van der Waals surface area contributed by atoms with Gasteiger partial charge in [-0.15, -0.1) is 0 Å². The molecule has 3 N–H and O–H groups in total. The second kappa shape index (κ2) is 7.22. The minimum atomic E-state index is -0.974. The van der Waals surface area contributed by atoms with Crippen molar-refractivity contribution in [3.63, 3.8) is 0 Å². The lowest BCUT2D eigenvalue weighted by Gasteiger charge is -2.25. The van der Waals surface area contributed by atoms with E-state index in [1.165, 1.54) is 0 Å². The van der Waals surface area contributed by atoms with Gasteiger partial charge in [0.25, 0.3) is 0 Å². The summed E-state index contributed by atoms with van der Waals surface area (Å²) in [6, 6.07) is 8.56. The van der Waals surface area contributed by atoms with Crippen molar-refractivity contribution in [3.05, 3.63) is 35.9 Å². The summed E-state index contributed by atoms with van der Waals surface area (Å²) in [6.45, 7) is 5.39. The maximum atomic E-state index is 12.4. The molecule has 0 aliphatic carbocycles. The fraction of sp³-hybridized carbons (Fsp3) is 0.500. The summed E-state index contributed by atoms with van der Waals surface area (Å²) >= 11 is 0. The van der Waals surface area contributed by atoms with Gasteiger partial charge in [0, 0.05) is 6.04 Å². The molecule has 5 heteroatoms. The number of esters is 1. The van der Waals surface area contributed by atoms with Gasteiger partial charge >= 0.3 is 11.9 Å². The Morgan fingerprint density at radius 2 is 1.81 bits per heavy atom. The molecule has 0 amide bonds. The Morgan fingerprint density at radius 1 is 1.24 bits per heavy atom. The molecule has 116 valence electrons. The molecule has 0 radical (unpaired) electrons. The summed E-state index contributed by atoms with van der Waals surface area (Å²) in [4.78, 5) is 23.1. The van der Waals surface area contributed by atoms with E-state index in [4.69, 9.17) is 15.6 Å². The predicted molar refractivity (Wildman–Crippen MR) is 79.9 cm³/mol. The largest absolute Gasteiger partial charge is 0.481 e. The standard InChI is InChI=1S/C16H23NO4/c1-16(2,3)21-15(20)13(9-12(17)10-14(18)19)11-7-5-4-6-8-11/h4-8,12-13H,9-10,17H2,1-3H3,(H,18,19). The average molecular weight is 293 g/mol. The molecule has 2 atom stereocenters. The number of benzene rings is 1. The van der Waals surface area contributed by atoms with E-state index in [0.717, 1.165) is 5.56 Å². The number of hydrogen-bond donors (Lipinski definition) is 2. The Bertz CT molecular complexity index is 479. The number of rotatable bonds is 6. The maximum Gasteiger partial charge on any atom is 0.313 e. The minimum Gasteiger partial charge on any atom is -0.481 e. The van der Waals surface area contributed by atoms with Gasteiger partial charge in [0.1, 0.15) is 5.60 Å². The summed E-state index contributed by atoms with van der Waals surface area (Å²) in [6.07, 6.45) is 0.0668. The van der Waals surface area contributed by atoms with E-state index in [0.29, 0.717) is 0 Å². The number of hydrogen-bond acceptors (Lipinski definition) is 4. The fourth-order valence-corrected chi connectivity index (χ4v) is 2.04. The Labute approximate surface area is 125 Å². The molecule has 1 aromatic carbocycles. The highest BCUT2D eigenvalue weighted by Gasteiger charge is 2.28. The molecular weight excluding hydrogens is 270 g/mol. The van der Waals surface area contributed by atoms with Crippen LogP contribution in [0.15, 0.2) is 30.3 Å². The number of ether oxygens (including phenoxy) is 1. The number of aliphatic carboxylic acids is 1. The Balaban J connectivity index is 2.90. The molecule has 0 fully saturated rings. The van der Waals surface area contributed by atoms with E-state index < -0.39 is 23.5 Å². The first kappa shape index (κ1) is 17.2. The molecule has 0 aliphatic rings. The highest BCUT2D eigenvalue weighted by Crippen LogP contribution is 2.25. The monoisotopic (exact) mass is 293 g/mol. The van der Waals surface area contributed by atoms with Crippen LogP contribution in [0.1, 0.15) is 45.1 Å². The minimum absolute atomic E-state index is 0.174. The molecule has 0 bridgehead atoms. The van der Waals surface area contributed by atoms with E-state index >= 15 is 0 Å². The molecule has 1 rings (SSSR count). The molecule has 5 nitrogen and oxygen atoms in total. The third-order valence-electron chi connectivity index (χ3n) is 2.87. The Kier molecular flexibility index (Phi) is 5.90. The first-order chi connectivity index (χ1) is 9.69. The van der Waals surface area contributed by atoms with Gasteiger partial charge in [-0.1, -0.05) is 30.3 Å². The van der Waals surface area contributed by atoms with Gasteiger partial charge in [0.2, 0.25) is 0 Å². The van der Waals surface area contributed by atoms with Crippen LogP contribution in [-0.2, 0) is 14.3 Å². The Hall–Kier alpha value is -1.88. The lowest BCUT2D eigenvalue weighted by Crippen LogP contribution is -2.32. The first-order valence-corrected chi connectivity index (χ1v) is 6.94. The Morgan fingerprint density at radius 3 is 2.29 bits per heavy atom. The number of carboxylic acid groups (broad SMARTS) is 1. The topological polar surface area (TPSA) is 89.6 Å². The summed E-state index contributed by atoms with van der Waals surface area (Å²) < 4.78 is 5.42. The van der Waals surface area contributed by atoms with Crippen LogP contribution in [0.4, 0.5) is 0 Å². The lowest BCUT2D eigenvalue weighted by atomic mass is 9.91. The number of nitrogens with two attached hydrogens (primary N) is 1. The predicted octanol–water partition coefficient (Wildman–Crippen LogP) is 2.30. The van der Waals surface area contributed by atoms with E-state index in [-0.39, 0.29) is 18.8 Å². The van der Waals surface area contributed by atoms with Crippen molar-refractivity contribution < 1.29 is 19.4 Å². The van der Waals surface area contributed by atoms with Crippen molar-refractivity contribution in [1.29, 1.82) is 0 Å². The van der Waals surface area contributed by atoms with Gasteiger partial charge in [-0.2, -0.15) is 0 Å². The maximum absolute atomic E-state index is 12.4. The zero-order valence-electron chi connectivity index (χ0n) is 12.7. The molecule has 0 spiro atoms. The zero-order valence-corrected chi connectivity index (χ0v) is 12.7. The number of carboxylic acids is 1. The van der Waals surface area contributed by atoms with Gasteiger partial charge in [0.15, 0.2) is 0 Å². The van der Waals surface area contributed by atoms with Crippen molar-refractivity contribution in [1.82, 2.24) is 0 Å². The summed E-state index contributed by atoms with van der Waals surface area (Å²) in [5.74, 6) is -1.91. The third-order valence-corrected chi connectivity index (χ3v) is 2.87. The van der Waals surface area contributed by atoms with Crippen LogP contribution >= 0.6 is 0 Å². The van der Waals surface area contributed by atoms with Crippen LogP contribution in [0, 0.1) is 0 Å². The van der Waals surface area contributed by atoms with Crippen LogP contribution < -0.4 is 5.73 Å². The molecule has 0 heterocycles. The second-order valence-electron chi connectivity index (χ2n) is 6.09. The van der Waals surface area contributed by atoms with E-state index in [2.05, 4.69) is 0 Å². The van der Waals surface area contributed by atoms with Gasteiger partial charge in [-0.3, -0.25) is 9.59 Å². The normalized spacial score (nSPS) is 14.3. The summed E-state index contributed by atoms with van der Waals surface area (Å²) in [5.41, 5.74) is 6.01. The van der Waals surface area contributed by atoms with Crippen molar-refractivity contribution >= 4 is 11.9 Å². The van der Waals surface area contributed by atoms with Crippen LogP contribution in [-0.4, -0.2) is 28.7 Å². The van der Waals surface area contributed by atoms with Crippen LogP contribution in [0.3, 0.4) is 0 Å². The highest BCUT2D eigenvalue weighted by atomic mass is 16.6. The zero-order chi connectivity index (χ0) is 16.0. The molecule has 1 aromatic rings. The van der Waals surface area contributed by atoms with Crippen LogP contribution in [0.25, 0.3) is 0 Å². The van der Waals surface area contributed by atoms with E-state index in [1.54, 1.807) is 20.8 Å². The van der Waals surface area contributed by atoms with Gasteiger partial charge in [0.05, 0.1) is 12.3 Å². The van der Waals surface area contributed by atoms with Crippen molar-refractivity contribution in [2.75, 3.05) is 0 Å².